The minimum atomic E-state index is -0.353. The van der Waals surface area contributed by atoms with Crippen molar-refractivity contribution in [1.29, 1.82) is 0 Å². The summed E-state index contributed by atoms with van der Waals surface area (Å²) in [5.41, 5.74) is 3.40. The number of nitrogens with zero attached hydrogens (tertiary/aromatic N) is 5. The standard InChI is InChI=1S/C23H23N5O2/c1-16-8-6-11-18(14-16)26-12-7-13-27-19-20(24-22(26)27)25(2)23(30)28(21(19)29)15-17-9-4-3-5-10-17/h3-6,8-11,14H,7,12-13,15H2,1-2H3. The van der Waals surface area contributed by atoms with Gasteiger partial charge in [0.25, 0.3) is 5.56 Å². The van der Waals surface area contributed by atoms with E-state index in [9.17, 15) is 9.59 Å². The van der Waals surface area contributed by atoms with Crippen LogP contribution in [-0.4, -0.2) is 25.2 Å². The van der Waals surface area contributed by atoms with E-state index in [2.05, 4.69) is 30.0 Å². The van der Waals surface area contributed by atoms with Gasteiger partial charge < -0.3 is 9.47 Å². The van der Waals surface area contributed by atoms with Gasteiger partial charge in [0.2, 0.25) is 5.95 Å². The number of fused-ring (bicyclic) bond motifs is 3. The fraction of sp³-hybridized carbons (Fsp3) is 0.261. The quantitative estimate of drug-likeness (QED) is 0.530. The zero-order valence-electron chi connectivity index (χ0n) is 17.1. The average Bonchev–Trinajstić information content (AvgIpc) is 3.16. The van der Waals surface area contributed by atoms with Gasteiger partial charge in [0, 0.05) is 25.8 Å². The Hall–Kier alpha value is -3.61. The number of rotatable bonds is 3. The van der Waals surface area contributed by atoms with Crippen molar-refractivity contribution in [3.8, 4) is 0 Å². The smallest absolute Gasteiger partial charge is 0.312 e. The summed E-state index contributed by atoms with van der Waals surface area (Å²) in [5, 5.41) is 0. The molecule has 1 aliphatic heterocycles. The lowest BCUT2D eigenvalue weighted by atomic mass is 10.2. The minimum Gasteiger partial charge on any atom is -0.312 e. The molecule has 0 amide bonds. The van der Waals surface area contributed by atoms with Crippen molar-refractivity contribution >= 4 is 22.8 Å². The van der Waals surface area contributed by atoms with Crippen LogP contribution >= 0.6 is 0 Å². The molecule has 0 atom stereocenters. The number of imidazole rings is 1. The number of aryl methyl sites for hydroxylation is 3. The summed E-state index contributed by atoms with van der Waals surface area (Å²) in [6.45, 7) is 3.82. The predicted octanol–water partition coefficient (Wildman–Crippen LogP) is 2.80. The molecular formula is C23H23N5O2. The van der Waals surface area contributed by atoms with E-state index in [0.29, 0.717) is 23.7 Å². The molecule has 0 radical (unpaired) electrons. The summed E-state index contributed by atoms with van der Waals surface area (Å²) in [6, 6.07) is 17.8. The Labute approximate surface area is 173 Å². The van der Waals surface area contributed by atoms with Crippen molar-refractivity contribution in [3.05, 3.63) is 86.6 Å². The zero-order chi connectivity index (χ0) is 20.8. The first kappa shape index (κ1) is 18.4. The molecule has 0 N–H and O–H groups in total. The molecule has 2 aromatic carbocycles. The molecule has 0 fully saturated rings. The van der Waals surface area contributed by atoms with Crippen LogP contribution in [0.1, 0.15) is 17.5 Å². The van der Waals surface area contributed by atoms with E-state index < -0.39 is 0 Å². The molecule has 0 bridgehead atoms. The van der Waals surface area contributed by atoms with Crippen LogP contribution in [0.15, 0.2) is 64.2 Å². The third kappa shape index (κ3) is 2.85. The number of benzene rings is 2. The van der Waals surface area contributed by atoms with Crippen LogP contribution in [0.3, 0.4) is 0 Å². The van der Waals surface area contributed by atoms with E-state index in [0.717, 1.165) is 24.2 Å². The molecule has 3 heterocycles. The van der Waals surface area contributed by atoms with Crippen LogP contribution in [0.4, 0.5) is 11.6 Å². The Morgan fingerprint density at radius 3 is 2.57 bits per heavy atom. The van der Waals surface area contributed by atoms with Crippen LogP contribution < -0.4 is 16.1 Å². The Morgan fingerprint density at radius 2 is 1.80 bits per heavy atom. The van der Waals surface area contributed by atoms with Crippen molar-refractivity contribution in [3.63, 3.8) is 0 Å². The molecule has 7 nitrogen and oxygen atoms in total. The fourth-order valence-corrected chi connectivity index (χ4v) is 4.21. The second-order valence-electron chi connectivity index (χ2n) is 7.80. The van der Waals surface area contributed by atoms with Crippen LogP contribution in [0.5, 0.6) is 0 Å². The molecule has 7 heteroatoms. The lowest BCUT2D eigenvalue weighted by molar-refractivity contribution is 0.597. The highest BCUT2D eigenvalue weighted by molar-refractivity contribution is 5.77. The Morgan fingerprint density at radius 1 is 1.00 bits per heavy atom. The van der Waals surface area contributed by atoms with Gasteiger partial charge in [-0.15, -0.1) is 0 Å². The summed E-state index contributed by atoms with van der Waals surface area (Å²) in [6.07, 6.45) is 0.896. The maximum atomic E-state index is 13.4. The molecule has 1 aliphatic rings. The van der Waals surface area contributed by atoms with Crippen LogP contribution in [0, 0.1) is 6.92 Å². The van der Waals surface area contributed by atoms with E-state index in [-0.39, 0.29) is 17.8 Å². The molecular weight excluding hydrogens is 378 g/mol. The molecule has 2 aromatic heterocycles. The highest BCUT2D eigenvalue weighted by Gasteiger charge is 2.27. The first-order valence-corrected chi connectivity index (χ1v) is 10.1. The molecule has 0 unspecified atom stereocenters. The van der Waals surface area contributed by atoms with E-state index in [1.807, 2.05) is 41.0 Å². The van der Waals surface area contributed by atoms with E-state index in [1.54, 1.807) is 7.05 Å². The third-order valence-electron chi connectivity index (χ3n) is 5.71. The molecule has 0 aliphatic carbocycles. The van der Waals surface area contributed by atoms with Gasteiger partial charge >= 0.3 is 5.69 Å². The number of anilines is 2. The monoisotopic (exact) mass is 401 g/mol. The predicted molar refractivity (Wildman–Crippen MR) is 118 cm³/mol. The minimum absolute atomic E-state index is 0.240. The Kier molecular flexibility index (Phi) is 4.31. The lowest BCUT2D eigenvalue weighted by Gasteiger charge is -2.29. The summed E-state index contributed by atoms with van der Waals surface area (Å²) in [4.78, 5) is 33.3. The molecule has 0 saturated carbocycles. The Bertz CT molecular complexity index is 1360. The first-order chi connectivity index (χ1) is 14.5. The lowest BCUT2D eigenvalue weighted by Crippen LogP contribution is -2.40. The third-order valence-corrected chi connectivity index (χ3v) is 5.71. The molecule has 5 rings (SSSR count). The van der Waals surface area contributed by atoms with Crippen molar-refractivity contribution in [2.45, 2.75) is 26.4 Å². The second kappa shape index (κ2) is 7.02. The van der Waals surface area contributed by atoms with Gasteiger partial charge in [-0.05, 0) is 36.6 Å². The van der Waals surface area contributed by atoms with Crippen molar-refractivity contribution in [2.75, 3.05) is 11.4 Å². The number of hydrogen-bond acceptors (Lipinski definition) is 4. The van der Waals surface area contributed by atoms with Gasteiger partial charge in [-0.3, -0.25) is 13.9 Å². The van der Waals surface area contributed by atoms with Crippen LogP contribution in [-0.2, 0) is 20.1 Å². The molecule has 4 aromatic rings. The summed E-state index contributed by atoms with van der Waals surface area (Å²) in [5.74, 6) is 0.714. The van der Waals surface area contributed by atoms with E-state index in [4.69, 9.17) is 4.98 Å². The van der Waals surface area contributed by atoms with Gasteiger partial charge in [0.15, 0.2) is 11.2 Å². The largest absolute Gasteiger partial charge is 0.332 e. The van der Waals surface area contributed by atoms with Gasteiger partial charge in [0.05, 0.1) is 6.54 Å². The van der Waals surface area contributed by atoms with E-state index >= 15 is 0 Å². The van der Waals surface area contributed by atoms with Crippen molar-refractivity contribution in [1.82, 2.24) is 18.7 Å². The van der Waals surface area contributed by atoms with Crippen molar-refractivity contribution in [2.24, 2.45) is 7.05 Å². The highest BCUT2D eigenvalue weighted by atomic mass is 16.2. The SMILES string of the molecule is Cc1cccc(N2CCCn3c2nc2c3c(=O)n(Cc3ccccc3)c(=O)n2C)c1. The zero-order valence-corrected chi connectivity index (χ0v) is 17.1. The summed E-state index contributed by atoms with van der Waals surface area (Å²) < 4.78 is 4.75. The van der Waals surface area contributed by atoms with Crippen LogP contribution in [0.2, 0.25) is 0 Å². The normalized spacial score (nSPS) is 13.6. The first-order valence-electron chi connectivity index (χ1n) is 10.1. The van der Waals surface area contributed by atoms with Crippen LogP contribution in [0.25, 0.3) is 11.2 Å². The van der Waals surface area contributed by atoms with E-state index in [1.165, 1.54) is 14.7 Å². The molecule has 0 saturated heterocycles. The van der Waals surface area contributed by atoms with Crippen molar-refractivity contribution < 1.29 is 0 Å². The van der Waals surface area contributed by atoms with Gasteiger partial charge in [0.1, 0.15) is 0 Å². The maximum absolute atomic E-state index is 13.4. The second-order valence-corrected chi connectivity index (χ2v) is 7.80. The Balaban J connectivity index is 1.72. The van der Waals surface area contributed by atoms with Gasteiger partial charge in [-0.2, -0.15) is 4.98 Å². The summed E-state index contributed by atoms with van der Waals surface area (Å²) >= 11 is 0. The maximum Gasteiger partial charge on any atom is 0.332 e. The topological polar surface area (TPSA) is 65.1 Å². The number of aromatic nitrogens is 4. The van der Waals surface area contributed by atoms with Gasteiger partial charge in [-0.1, -0.05) is 42.5 Å². The summed E-state index contributed by atoms with van der Waals surface area (Å²) in [7, 11) is 1.68. The van der Waals surface area contributed by atoms with Gasteiger partial charge in [-0.25, -0.2) is 4.79 Å². The highest BCUT2D eigenvalue weighted by Crippen LogP contribution is 2.31. The average molecular weight is 401 g/mol. The molecule has 152 valence electrons. The number of hydrogen-bond donors (Lipinski definition) is 0. The molecule has 30 heavy (non-hydrogen) atoms. The molecule has 0 spiro atoms. The fourth-order valence-electron chi connectivity index (χ4n) is 4.21.